The second kappa shape index (κ2) is 7.67. The van der Waals surface area contributed by atoms with Crippen molar-refractivity contribution in [3.8, 4) is 0 Å². The number of hydrogen-bond acceptors (Lipinski definition) is 4. The van der Waals surface area contributed by atoms with Gasteiger partial charge in [0.25, 0.3) is 11.8 Å². The minimum absolute atomic E-state index is 0.183. The molecule has 1 aliphatic rings. The van der Waals surface area contributed by atoms with Crippen molar-refractivity contribution >= 4 is 17.5 Å². The minimum Gasteiger partial charge on any atom is -0.467 e. The van der Waals surface area contributed by atoms with Crippen LogP contribution in [-0.4, -0.2) is 21.4 Å². The number of anilines is 1. The molecule has 3 heterocycles. The number of carbonyl (C=O) groups excluding carboxylic acids is 2. The Morgan fingerprint density at radius 1 is 1.14 bits per heavy atom. The molecule has 0 saturated carbocycles. The van der Waals surface area contributed by atoms with Gasteiger partial charge in [-0.15, -0.1) is 0 Å². The van der Waals surface area contributed by atoms with Gasteiger partial charge in [0.15, 0.2) is 5.82 Å². The third-order valence-corrected chi connectivity index (χ3v) is 4.64. The van der Waals surface area contributed by atoms with Crippen LogP contribution in [-0.2, 0) is 19.5 Å². The Labute approximate surface area is 160 Å². The first-order valence-electron chi connectivity index (χ1n) is 9.09. The number of furan rings is 1. The first kappa shape index (κ1) is 18.0. The molecule has 4 rings (SSSR count). The van der Waals surface area contributed by atoms with E-state index in [1.54, 1.807) is 16.7 Å². The number of hydrogen-bond donors (Lipinski definition) is 2. The Hall–Kier alpha value is -3.42. The maximum Gasteiger partial charge on any atom is 0.291 e. The summed E-state index contributed by atoms with van der Waals surface area (Å²) < 4.78 is 20.1. The van der Waals surface area contributed by atoms with Gasteiger partial charge in [-0.3, -0.25) is 9.59 Å². The van der Waals surface area contributed by atoms with Crippen LogP contribution in [0.4, 0.5) is 10.1 Å². The molecule has 2 aromatic heterocycles. The minimum atomic E-state index is -0.431. The molecule has 2 N–H and O–H groups in total. The van der Waals surface area contributed by atoms with E-state index in [1.165, 1.54) is 30.5 Å². The van der Waals surface area contributed by atoms with Crippen LogP contribution >= 0.6 is 0 Å². The van der Waals surface area contributed by atoms with E-state index in [-0.39, 0.29) is 29.8 Å². The van der Waals surface area contributed by atoms with Gasteiger partial charge in [-0.1, -0.05) is 0 Å². The SMILES string of the molecule is O=C(NCc1ccco1)c1nc(C(=O)Nc2ccc(F)cc2)n2c1CCCC2. The predicted molar refractivity (Wildman–Crippen MR) is 99.4 cm³/mol. The van der Waals surface area contributed by atoms with E-state index in [9.17, 15) is 14.0 Å². The standard InChI is InChI=1S/C20H19FN4O3/c21-13-6-8-14(9-7-13)23-20(27)18-24-17(16-5-1-2-10-25(16)18)19(26)22-12-15-4-3-11-28-15/h3-4,6-9,11H,1-2,5,10,12H2,(H,22,26)(H,23,27). The van der Waals surface area contributed by atoms with Gasteiger partial charge in [-0.25, -0.2) is 9.37 Å². The summed E-state index contributed by atoms with van der Waals surface area (Å²) in [5.74, 6) is -0.340. The van der Waals surface area contributed by atoms with Crippen molar-refractivity contribution in [2.75, 3.05) is 5.32 Å². The van der Waals surface area contributed by atoms with Crippen LogP contribution in [0, 0.1) is 5.82 Å². The lowest BCUT2D eigenvalue weighted by Gasteiger charge is -2.17. The molecule has 0 atom stereocenters. The van der Waals surface area contributed by atoms with Crippen molar-refractivity contribution in [2.45, 2.75) is 32.4 Å². The number of rotatable bonds is 5. The summed E-state index contributed by atoms with van der Waals surface area (Å²) in [4.78, 5) is 29.7. The zero-order valence-electron chi connectivity index (χ0n) is 15.1. The molecule has 0 radical (unpaired) electrons. The molecule has 2 amide bonds. The van der Waals surface area contributed by atoms with Gasteiger partial charge in [0.1, 0.15) is 17.3 Å². The number of benzene rings is 1. The fraction of sp³-hybridized carbons (Fsp3) is 0.250. The third kappa shape index (κ3) is 3.66. The van der Waals surface area contributed by atoms with Gasteiger partial charge < -0.3 is 19.6 Å². The van der Waals surface area contributed by atoms with E-state index in [0.717, 1.165) is 18.5 Å². The highest BCUT2D eigenvalue weighted by atomic mass is 19.1. The van der Waals surface area contributed by atoms with E-state index in [4.69, 9.17) is 4.42 Å². The lowest BCUT2D eigenvalue weighted by atomic mass is 10.1. The molecular formula is C20H19FN4O3. The molecular weight excluding hydrogens is 363 g/mol. The van der Waals surface area contributed by atoms with Crippen LogP contribution in [0.5, 0.6) is 0 Å². The summed E-state index contributed by atoms with van der Waals surface area (Å²) in [5.41, 5.74) is 1.48. The van der Waals surface area contributed by atoms with Gasteiger partial charge in [0.2, 0.25) is 0 Å². The molecule has 0 spiro atoms. The average Bonchev–Trinajstić information content (AvgIpc) is 3.36. The van der Waals surface area contributed by atoms with Gasteiger partial charge >= 0.3 is 0 Å². The number of nitrogens with one attached hydrogen (secondary N) is 2. The van der Waals surface area contributed by atoms with Gasteiger partial charge in [0, 0.05) is 12.2 Å². The molecule has 28 heavy (non-hydrogen) atoms. The average molecular weight is 382 g/mol. The van der Waals surface area contributed by atoms with Crippen molar-refractivity contribution in [3.05, 3.63) is 71.5 Å². The monoisotopic (exact) mass is 382 g/mol. The second-order valence-electron chi connectivity index (χ2n) is 6.56. The highest BCUT2D eigenvalue weighted by molar-refractivity contribution is 6.03. The summed E-state index contributed by atoms with van der Waals surface area (Å²) in [5, 5.41) is 5.48. The van der Waals surface area contributed by atoms with E-state index in [2.05, 4.69) is 15.6 Å². The second-order valence-corrected chi connectivity index (χ2v) is 6.56. The number of halogens is 1. The van der Waals surface area contributed by atoms with E-state index < -0.39 is 5.91 Å². The fourth-order valence-corrected chi connectivity index (χ4v) is 3.28. The van der Waals surface area contributed by atoms with Crippen LogP contribution in [0.3, 0.4) is 0 Å². The molecule has 7 nitrogen and oxygen atoms in total. The van der Waals surface area contributed by atoms with E-state index in [1.807, 2.05) is 0 Å². The summed E-state index contributed by atoms with van der Waals surface area (Å²) in [6.07, 6.45) is 4.06. The molecule has 0 bridgehead atoms. The van der Waals surface area contributed by atoms with Crippen molar-refractivity contribution in [1.82, 2.24) is 14.9 Å². The van der Waals surface area contributed by atoms with E-state index >= 15 is 0 Å². The predicted octanol–water partition coefficient (Wildman–Crippen LogP) is 3.13. The molecule has 0 fully saturated rings. The Morgan fingerprint density at radius 2 is 1.96 bits per heavy atom. The maximum atomic E-state index is 13.1. The highest BCUT2D eigenvalue weighted by Crippen LogP contribution is 2.22. The summed E-state index contributed by atoms with van der Waals surface area (Å²) in [6.45, 7) is 0.870. The zero-order chi connectivity index (χ0) is 19.5. The summed E-state index contributed by atoms with van der Waals surface area (Å²) in [7, 11) is 0. The first-order valence-corrected chi connectivity index (χ1v) is 9.09. The molecule has 1 aromatic carbocycles. The number of fused-ring (bicyclic) bond motifs is 1. The molecule has 1 aliphatic heterocycles. The van der Waals surface area contributed by atoms with Crippen LogP contribution in [0.15, 0.2) is 47.1 Å². The van der Waals surface area contributed by atoms with Gasteiger partial charge in [0.05, 0.1) is 18.5 Å². The molecule has 0 saturated heterocycles. The molecule has 8 heteroatoms. The Morgan fingerprint density at radius 3 is 2.71 bits per heavy atom. The lowest BCUT2D eigenvalue weighted by molar-refractivity contribution is 0.0942. The van der Waals surface area contributed by atoms with Crippen LogP contribution in [0.2, 0.25) is 0 Å². The quantitative estimate of drug-likeness (QED) is 0.710. The van der Waals surface area contributed by atoms with Crippen molar-refractivity contribution in [2.24, 2.45) is 0 Å². The Balaban J connectivity index is 1.56. The molecule has 3 aromatic rings. The molecule has 144 valence electrons. The van der Waals surface area contributed by atoms with E-state index in [0.29, 0.717) is 24.4 Å². The smallest absolute Gasteiger partial charge is 0.291 e. The fourth-order valence-electron chi connectivity index (χ4n) is 3.28. The normalized spacial score (nSPS) is 13.0. The first-order chi connectivity index (χ1) is 13.6. The zero-order valence-corrected chi connectivity index (χ0v) is 15.1. The topological polar surface area (TPSA) is 89.2 Å². The van der Waals surface area contributed by atoms with Gasteiger partial charge in [-0.05, 0) is 55.7 Å². The number of nitrogens with zero attached hydrogens (tertiary/aromatic N) is 2. The summed E-state index contributed by atoms with van der Waals surface area (Å²) >= 11 is 0. The maximum absolute atomic E-state index is 13.1. The van der Waals surface area contributed by atoms with Gasteiger partial charge in [-0.2, -0.15) is 0 Å². The van der Waals surface area contributed by atoms with Crippen LogP contribution < -0.4 is 10.6 Å². The number of amides is 2. The number of carbonyl (C=O) groups is 2. The van der Waals surface area contributed by atoms with Crippen molar-refractivity contribution in [3.63, 3.8) is 0 Å². The van der Waals surface area contributed by atoms with Crippen molar-refractivity contribution < 1.29 is 18.4 Å². The van der Waals surface area contributed by atoms with Crippen LogP contribution in [0.1, 0.15) is 45.4 Å². The number of imidazole rings is 1. The largest absolute Gasteiger partial charge is 0.467 e. The number of aromatic nitrogens is 2. The Bertz CT molecular complexity index is 993. The Kier molecular flexibility index (Phi) is 4.92. The molecule has 0 unspecified atom stereocenters. The highest BCUT2D eigenvalue weighted by Gasteiger charge is 2.27. The lowest BCUT2D eigenvalue weighted by Crippen LogP contribution is -2.25. The third-order valence-electron chi connectivity index (χ3n) is 4.64. The summed E-state index contributed by atoms with van der Waals surface area (Å²) in [6, 6.07) is 9.01. The van der Waals surface area contributed by atoms with Crippen LogP contribution in [0.25, 0.3) is 0 Å². The van der Waals surface area contributed by atoms with Crippen molar-refractivity contribution in [1.29, 1.82) is 0 Å². The molecule has 0 aliphatic carbocycles.